The molecule has 2 heterocycles. The van der Waals surface area contributed by atoms with E-state index in [0.29, 0.717) is 22.0 Å². The molecule has 1 atom stereocenters. The summed E-state index contributed by atoms with van der Waals surface area (Å²) in [5.74, 6) is 0.516. The second-order valence-corrected chi connectivity index (χ2v) is 5.55. The van der Waals surface area contributed by atoms with Gasteiger partial charge in [0.2, 0.25) is 5.91 Å². The van der Waals surface area contributed by atoms with E-state index in [0.717, 1.165) is 17.6 Å². The Hall–Kier alpha value is -0.130. The highest BCUT2D eigenvalue weighted by molar-refractivity contribution is 9.10. The number of carbonyl (C=O) groups is 1. The van der Waals surface area contributed by atoms with Gasteiger partial charge in [0.15, 0.2) is 0 Å². The molecule has 0 aromatic carbocycles. The summed E-state index contributed by atoms with van der Waals surface area (Å²) in [6.45, 7) is 0.736. The number of anilines is 1. The summed E-state index contributed by atoms with van der Waals surface area (Å²) < 4.78 is 0.710. The van der Waals surface area contributed by atoms with E-state index >= 15 is 0 Å². The van der Waals surface area contributed by atoms with Crippen molar-refractivity contribution in [2.75, 3.05) is 16.8 Å². The van der Waals surface area contributed by atoms with Crippen molar-refractivity contribution in [1.82, 2.24) is 4.98 Å². The van der Waals surface area contributed by atoms with Gasteiger partial charge in [0.1, 0.15) is 5.15 Å². The van der Waals surface area contributed by atoms with E-state index < -0.39 is 0 Å². The average molecular weight is 368 g/mol. The molecule has 1 saturated heterocycles. The molecular formula is C10H9Br2ClN2O. The van der Waals surface area contributed by atoms with E-state index in [1.807, 2.05) is 6.07 Å². The second-order valence-electron chi connectivity index (χ2n) is 3.69. The van der Waals surface area contributed by atoms with Crippen LogP contribution in [0.3, 0.4) is 0 Å². The quantitative estimate of drug-likeness (QED) is 0.593. The Bertz CT molecular complexity index is 427. The zero-order valence-electron chi connectivity index (χ0n) is 8.29. The van der Waals surface area contributed by atoms with E-state index in [4.69, 9.17) is 11.6 Å². The maximum Gasteiger partial charge on any atom is 0.227 e. The fourth-order valence-electron chi connectivity index (χ4n) is 1.69. The van der Waals surface area contributed by atoms with E-state index in [2.05, 4.69) is 36.8 Å². The molecule has 0 saturated carbocycles. The first-order chi connectivity index (χ1) is 7.61. The van der Waals surface area contributed by atoms with Crippen LogP contribution in [0.4, 0.5) is 5.69 Å². The SMILES string of the molecule is O=C1CC(CBr)CN1c1cnc(Cl)c(Br)c1. The van der Waals surface area contributed by atoms with Crippen LogP contribution in [-0.2, 0) is 4.79 Å². The van der Waals surface area contributed by atoms with Crippen molar-refractivity contribution in [2.45, 2.75) is 6.42 Å². The van der Waals surface area contributed by atoms with Crippen LogP contribution in [0.15, 0.2) is 16.7 Å². The molecule has 1 aromatic heterocycles. The van der Waals surface area contributed by atoms with E-state index in [-0.39, 0.29) is 5.91 Å². The van der Waals surface area contributed by atoms with Crippen LogP contribution in [0.1, 0.15) is 6.42 Å². The third kappa shape index (κ3) is 2.41. The van der Waals surface area contributed by atoms with Crippen molar-refractivity contribution in [2.24, 2.45) is 5.92 Å². The summed E-state index contributed by atoms with van der Waals surface area (Å²) in [5, 5.41) is 1.25. The minimum absolute atomic E-state index is 0.139. The molecule has 2 rings (SSSR count). The molecule has 16 heavy (non-hydrogen) atoms. The van der Waals surface area contributed by atoms with Gasteiger partial charge in [0, 0.05) is 18.3 Å². The van der Waals surface area contributed by atoms with Gasteiger partial charge in [0.25, 0.3) is 0 Å². The van der Waals surface area contributed by atoms with Gasteiger partial charge in [-0.1, -0.05) is 27.5 Å². The zero-order chi connectivity index (χ0) is 11.7. The molecule has 3 nitrogen and oxygen atoms in total. The summed E-state index contributed by atoms with van der Waals surface area (Å²) >= 11 is 12.5. The molecule has 1 fully saturated rings. The Morgan fingerprint density at radius 3 is 2.94 bits per heavy atom. The summed E-state index contributed by atoms with van der Waals surface area (Å²) in [6.07, 6.45) is 2.22. The van der Waals surface area contributed by atoms with E-state index in [1.165, 1.54) is 0 Å². The molecule has 1 amide bonds. The minimum Gasteiger partial charge on any atom is -0.311 e. The van der Waals surface area contributed by atoms with Crippen LogP contribution in [-0.4, -0.2) is 22.8 Å². The van der Waals surface area contributed by atoms with E-state index in [9.17, 15) is 4.79 Å². The number of hydrogen-bond acceptors (Lipinski definition) is 2. The molecule has 0 spiro atoms. The van der Waals surface area contributed by atoms with Crippen LogP contribution in [0.5, 0.6) is 0 Å². The molecule has 1 aromatic rings. The predicted molar refractivity (Wildman–Crippen MR) is 71.2 cm³/mol. The Morgan fingerprint density at radius 1 is 1.62 bits per heavy atom. The van der Waals surface area contributed by atoms with E-state index in [1.54, 1.807) is 11.1 Å². The molecule has 0 aliphatic carbocycles. The van der Waals surface area contributed by atoms with Crippen LogP contribution in [0.25, 0.3) is 0 Å². The van der Waals surface area contributed by atoms with Gasteiger partial charge >= 0.3 is 0 Å². The largest absolute Gasteiger partial charge is 0.311 e. The maximum atomic E-state index is 11.8. The lowest BCUT2D eigenvalue weighted by atomic mass is 10.2. The normalized spacial score (nSPS) is 20.6. The Kier molecular flexibility index (Phi) is 3.87. The number of pyridine rings is 1. The van der Waals surface area contributed by atoms with Crippen molar-refractivity contribution in [3.63, 3.8) is 0 Å². The lowest BCUT2D eigenvalue weighted by Gasteiger charge is -2.16. The summed E-state index contributed by atoms with van der Waals surface area (Å²) in [7, 11) is 0. The number of alkyl halides is 1. The highest BCUT2D eigenvalue weighted by Gasteiger charge is 2.30. The van der Waals surface area contributed by atoms with Crippen molar-refractivity contribution in [3.8, 4) is 0 Å². The fourth-order valence-corrected chi connectivity index (χ4v) is 2.57. The molecule has 1 aliphatic rings. The van der Waals surface area contributed by atoms with Gasteiger partial charge in [-0.15, -0.1) is 0 Å². The standard InChI is InChI=1S/C10H9Br2ClN2O/c11-3-6-1-9(16)15(5-6)7-2-8(12)10(13)14-4-7/h2,4,6H,1,3,5H2. The molecule has 1 aliphatic heterocycles. The van der Waals surface area contributed by atoms with Gasteiger partial charge in [-0.25, -0.2) is 4.98 Å². The first-order valence-corrected chi connectivity index (χ1v) is 7.08. The average Bonchev–Trinajstić information content (AvgIpc) is 2.64. The topological polar surface area (TPSA) is 33.2 Å². The van der Waals surface area contributed by atoms with Crippen molar-refractivity contribution in [1.29, 1.82) is 0 Å². The van der Waals surface area contributed by atoms with Gasteiger partial charge < -0.3 is 4.90 Å². The van der Waals surface area contributed by atoms with Crippen LogP contribution in [0.2, 0.25) is 5.15 Å². The van der Waals surface area contributed by atoms with Gasteiger partial charge in [-0.05, 0) is 27.9 Å². The number of halogens is 3. The van der Waals surface area contributed by atoms with Crippen LogP contribution >= 0.6 is 43.5 Å². The first-order valence-electron chi connectivity index (χ1n) is 4.79. The molecule has 0 bridgehead atoms. The monoisotopic (exact) mass is 366 g/mol. The third-order valence-corrected chi connectivity index (χ3v) is 4.57. The third-order valence-electron chi connectivity index (χ3n) is 2.52. The zero-order valence-corrected chi connectivity index (χ0v) is 12.2. The molecule has 1 unspecified atom stereocenters. The minimum atomic E-state index is 0.139. The fraction of sp³-hybridized carbons (Fsp3) is 0.400. The maximum absolute atomic E-state index is 11.8. The van der Waals surface area contributed by atoms with Crippen molar-refractivity contribution >= 4 is 55.1 Å². The number of amides is 1. The number of rotatable bonds is 2. The molecule has 86 valence electrons. The Morgan fingerprint density at radius 2 is 2.38 bits per heavy atom. The molecule has 6 heteroatoms. The van der Waals surface area contributed by atoms with Crippen LogP contribution in [0, 0.1) is 5.92 Å². The number of hydrogen-bond donors (Lipinski definition) is 0. The highest BCUT2D eigenvalue weighted by atomic mass is 79.9. The lowest BCUT2D eigenvalue weighted by Crippen LogP contribution is -2.24. The number of aromatic nitrogens is 1. The van der Waals surface area contributed by atoms with Gasteiger partial charge in [0.05, 0.1) is 16.4 Å². The highest BCUT2D eigenvalue weighted by Crippen LogP contribution is 2.29. The Labute approximate surface area is 115 Å². The molecule has 0 N–H and O–H groups in total. The lowest BCUT2D eigenvalue weighted by molar-refractivity contribution is -0.117. The molecule has 0 radical (unpaired) electrons. The van der Waals surface area contributed by atoms with Crippen LogP contribution < -0.4 is 4.90 Å². The Balaban J connectivity index is 2.24. The first kappa shape index (κ1) is 12.3. The van der Waals surface area contributed by atoms with Crippen molar-refractivity contribution in [3.05, 3.63) is 21.9 Å². The smallest absolute Gasteiger partial charge is 0.227 e. The van der Waals surface area contributed by atoms with Gasteiger partial charge in [-0.3, -0.25) is 4.79 Å². The van der Waals surface area contributed by atoms with Gasteiger partial charge in [-0.2, -0.15) is 0 Å². The predicted octanol–water partition coefficient (Wildman–Crippen LogP) is 3.25. The number of nitrogens with zero attached hydrogens (tertiary/aromatic N) is 2. The molecular weight excluding hydrogens is 359 g/mol. The number of carbonyl (C=O) groups excluding carboxylic acids is 1. The summed E-state index contributed by atoms with van der Waals surface area (Å²) in [4.78, 5) is 17.5. The second kappa shape index (κ2) is 5.02. The summed E-state index contributed by atoms with van der Waals surface area (Å²) in [6, 6.07) is 1.82. The van der Waals surface area contributed by atoms with Crippen molar-refractivity contribution < 1.29 is 4.79 Å². The summed E-state index contributed by atoms with van der Waals surface area (Å²) in [5.41, 5.74) is 0.796.